The van der Waals surface area contributed by atoms with E-state index in [9.17, 15) is 4.79 Å². The number of hydrogen-bond acceptors (Lipinski definition) is 4. The maximum atomic E-state index is 12.5. The van der Waals surface area contributed by atoms with Crippen molar-refractivity contribution in [1.82, 2.24) is 15.2 Å². The lowest BCUT2D eigenvalue weighted by Crippen LogP contribution is -2.37. The summed E-state index contributed by atoms with van der Waals surface area (Å²) in [5.74, 6) is 0.845. The van der Waals surface area contributed by atoms with Crippen LogP contribution in [0.3, 0.4) is 0 Å². The molecule has 1 fully saturated rings. The second-order valence-electron chi connectivity index (χ2n) is 7.22. The molecule has 0 radical (unpaired) electrons. The second-order valence-corrected chi connectivity index (χ2v) is 8.30. The van der Waals surface area contributed by atoms with Crippen molar-refractivity contribution in [3.8, 4) is 0 Å². The molecule has 0 bridgehead atoms. The Bertz CT molecular complexity index is 766. The van der Waals surface area contributed by atoms with Crippen LogP contribution < -0.4 is 5.32 Å². The number of benzene rings is 1. The van der Waals surface area contributed by atoms with Gasteiger partial charge in [0.15, 0.2) is 0 Å². The van der Waals surface area contributed by atoms with E-state index in [4.69, 9.17) is 0 Å². The zero-order valence-electron chi connectivity index (χ0n) is 14.8. The van der Waals surface area contributed by atoms with Gasteiger partial charge < -0.3 is 5.32 Å². The van der Waals surface area contributed by atoms with Crippen molar-refractivity contribution < 1.29 is 4.79 Å². The van der Waals surface area contributed by atoms with Crippen molar-refractivity contribution in [3.63, 3.8) is 0 Å². The van der Waals surface area contributed by atoms with Crippen LogP contribution in [0.15, 0.2) is 24.3 Å². The smallest absolute Gasteiger partial charge is 0.263 e. The molecule has 1 aliphatic heterocycles. The summed E-state index contributed by atoms with van der Waals surface area (Å²) < 4.78 is 0. The first-order valence-electron chi connectivity index (χ1n) is 9.22. The summed E-state index contributed by atoms with van der Waals surface area (Å²) in [5.41, 5.74) is 3.76. The van der Waals surface area contributed by atoms with E-state index in [0.29, 0.717) is 6.54 Å². The maximum Gasteiger partial charge on any atom is 0.263 e. The van der Waals surface area contributed by atoms with E-state index in [2.05, 4.69) is 39.5 Å². The summed E-state index contributed by atoms with van der Waals surface area (Å²) in [5, 5.41) is 4.21. The van der Waals surface area contributed by atoms with Crippen molar-refractivity contribution in [1.29, 1.82) is 0 Å². The van der Waals surface area contributed by atoms with Crippen molar-refractivity contribution in [3.05, 3.63) is 51.0 Å². The van der Waals surface area contributed by atoms with Gasteiger partial charge in [-0.15, -0.1) is 11.3 Å². The molecule has 0 unspecified atom stereocenters. The molecule has 1 N–H and O–H groups in total. The number of hydrogen-bond donors (Lipinski definition) is 1. The van der Waals surface area contributed by atoms with Gasteiger partial charge in [0.2, 0.25) is 0 Å². The zero-order chi connectivity index (χ0) is 17.2. The minimum absolute atomic E-state index is 0.0365. The maximum absolute atomic E-state index is 12.5. The Morgan fingerprint density at radius 3 is 2.92 bits per heavy atom. The number of nitrogens with zero attached hydrogens (tertiary/aromatic N) is 2. The Balaban J connectivity index is 1.27. The van der Waals surface area contributed by atoms with Crippen molar-refractivity contribution in [2.75, 3.05) is 19.6 Å². The van der Waals surface area contributed by atoms with Gasteiger partial charge in [-0.3, -0.25) is 9.69 Å². The summed E-state index contributed by atoms with van der Waals surface area (Å²) in [6, 6.07) is 8.65. The van der Waals surface area contributed by atoms with Crippen LogP contribution in [0.1, 0.15) is 44.3 Å². The third kappa shape index (κ3) is 4.10. The summed E-state index contributed by atoms with van der Waals surface area (Å²) >= 11 is 1.58. The summed E-state index contributed by atoms with van der Waals surface area (Å²) in [4.78, 5) is 20.3. The van der Waals surface area contributed by atoms with E-state index < -0.39 is 0 Å². The highest BCUT2D eigenvalue weighted by Crippen LogP contribution is 2.34. The van der Waals surface area contributed by atoms with Gasteiger partial charge in [-0.25, -0.2) is 4.98 Å². The molecular formula is C20H25N3OS. The molecule has 1 aromatic heterocycles. The van der Waals surface area contributed by atoms with Crippen LogP contribution in [-0.2, 0) is 19.4 Å². The summed E-state index contributed by atoms with van der Waals surface area (Å²) in [6.45, 7) is 5.59. The Morgan fingerprint density at radius 2 is 2.12 bits per heavy atom. The number of carbonyl (C=O) groups excluding carboxylic acids is 1. The van der Waals surface area contributed by atoms with Crippen LogP contribution in [0.5, 0.6) is 0 Å². The third-order valence-corrected chi connectivity index (χ3v) is 6.31. The lowest BCUT2D eigenvalue weighted by Gasteiger charge is -2.28. The molecule has 132 valence electrons. The Labute approximate surface area is 153 Å². The molecule has 0 atom stereocenters. The number of nitrogens with one attached hydrogen (secondary N) is 1. The van der Waals surface area contributed by atoms with Gasteiger partial charge in [0.1, 0.15) is 4.88 Å². The number of thiazole rings is 1. The fourth-order valence-electron chi connectivity index (χ4n) is 3.47. The SMILES string of the molecule is Cc1nc(CC2CC2)sc1C(=O)NCCN1CCc2ccccc2C1. The molecule has 1 aliphatic carbocycles. The molecule has 2 heterocycles. The highest BCUT2D eigenvalue weighted by molar-refractivity contribution is 7.13. The number of aromatic nitrogens is 1. The summed E-state index contributed by atoms with van der Waals surface area (Å²) in [7, 11) is 0. The van der Waals surface area contributed by atoms with Gasteiger partial charge in [0, 0.05) is 32.6 Å². The minimum Gasteiger partial charge on any atom is -0.350 e. The van der Waals surface area contributed by atoms with Gasteiger partial charge >= 0.3 is 0 Å². The number of amides is 1. The van der Waals surface area contributed by atoms with E-state index in [0.717, 1.165) is 54.0 Å². The lowest BCUT2D eigenvalue weighted by molar-refractivity contribution is 0.0950. The van der Waals surface area contributed by atoms with Gasteiger partial charge in [0.25, 0.3) is 5.91 Å². The van der Waals surface area contributed by atoms with E-state index in [1.54, 1.807) is 11.3 Å². The predicted molar refractivity (Wildman–Crippen MR) is 101 cm³/mol. The molecule has 0 spiro atoms. The van der Waals surface area contributed by atoms with Crippen LogP contribution >= 0.6 is 11.3 Å². The van der Waals surface area contributed by atoms with Crippen LogP contribution in [0.4, 0.5) is 0 Å². The normalized spacial score (nSPS) is 17.3. The molecule has 1 amide bonds. The highest BCUT2D eigenvalue weighted by Gasteiger charge is 2.24. The Morgan fingerprint density at radius 1 is 1.32 bits per heavy atom. The molecule has 1 saturated carbocycles. The van der Waals surface area contributed by atoms with Crippen LogP contribution in [0.25, 0.3) is 0 Å². The molecule has 25 heavy (non-hydrogen) atoms. The van der Waals surface area contributed by atoms with Crippen molar-refractivity contribution in [2.45, 2.75) is 39.2 Å². The van der Waals surface area contributed by atoms with Gasteiger partial charge in [-0.05, 0) is 43.2 Å². The van der Waals surface area contributed by atoms with E-state index in [-0.39, 0.29) is 5.91 Å². The average molecular weight is 356 g/mol. The fourth-order valence-corrected chi connectivity index (χ4v) is 4.57. The number of carbonyl (C=O) groups is 1. The molecule has 2 aromatic rings. The summed E-state index contributed by atoms with van der Waals surface area (Å²) in [6.07, 6.45) is 4.78. The topological polar surface area (TPSA) is 45.2 Å². The van der Waals surface area contributed by atoms with Crippen LogP contribution in [0.2, 0.25) is 0 Å². The standard InChI is InChI=1S/C20H25N3OS/c1-14-19(25-18(22-14)12-15-6-7-15)20(24)21-9-11-23-10-8-16-4-2-3-5-17(16)13-23/h2-5,15H,6-13H2,1H3,(H,21,24). The highest BCUT2D eigenvalue weighted by atomic mass is 32.1. The van der Waals surface area contributed by atoms with E-state index in [1.807, 2.05) is 6.92 Å². The van der Waals surface area contributed by atoms with Crippen molar-refractivity contribution >= 4 is 17.2 Å². The lowest BCUT2D eigenvalue weighted by atomic mass is 10.00. The van der Waals surface area contributed by atoms with Gasteiger partial charge in [-0.1, -0.05) is 24.3 Å². The number of aryl methyl sites for hydroxylation is 1. The molecule has 1 aromatic carbocycles. The van der Waals surface area contributed by atoms with Crippen molar-refractivity contribution in [2.24, 2.45) is 5.92 Å². The van der Waals surface area contributed by atoms with Crippen LogP contribution in [0, 0.1) is 12.8 Å². The molecule has 4 nitrogen and oxygen atoms in total. The fraction of sp³-hybridized carbons (Fsp3) is 0.500. The Hall–Kier alpha value is -1.72. The number of fused-ring (bicyclic) bond motifs is 1. The molecule has 0 saturated heterocycles. The Kier molecular flexibility index (Phi) is 4.86. The second kappa shape index (κ2) is 7.26. The average Bonchev–Trinajstić information content (AvgIpc) is 3.35. The predicted octanol–water partition coefficient (Wildman–Crippen LogP) is 3.19. The monoisotopic (exact) mass is 355 g/mol. The van der Waals surface area contributed by atoms with Crippen LogP contribution in [-0.4, -0.2) is 35.4 Å². The minimum atomic E-state index is 0.0365. The molecule has 2 aliphatic rings. The quantitative estimate of drug-likeness (QED) is 0.865. The van der Waals surface area contributed by atoms with Gasteiger partial charge in [0.05, 0.1) is 10.7 Å². The largest absolute Gasteiger partial charge is 0.350 e. The van der Waals surface area contributed by atoms with E-state index in [1.165, 1.54) is 24.0 Å². The first-order valence-corrected chi connectivity index (χ1v) is 10.0. The molecular weight excluding hydrogens is 330 g/mol. The molecule has 4 rings (SSSR count). The zero-order valence-corrected chi connectivity index (χ0v) is 15.6. The first kappa shape index (κ1) is 16.7. The number of rotatable bonds is 6. The van der Waals surface area contributed by atoms with Gasteiger partial charge in [-0.2, -0.15) is 0 Å². The van der Waals surface area contributed by atoms with E-state index >= 15 is 0 Å². The first-order chi connectivity index (χ1) is 12.2. The third-order valence-electron chi connectivity index (χ3n) is 5.13. The molecule has 5 heteroatoms.